The molecule has 3 radical (unpaired) electrons. The van der Waals surface area contributed by atoms with Crippen molar-refractivity contribution < 1.29 is 14.1 Å². The second kappa shape index (κ2) is 13.6. The Hall–Kier alpha value is -0.965. The summed E-state index contributed by atoms with van der Waals surface area (Å²) in [5, 5.41) is 0. The monoisotopic (exact) mass is 192 g/mol. The van der Waals surface area contributed by atoms with E-state index in [0.29, 0.717) is 0 Å². The fourth-order valence-electron chi connectivity index (χ4n) is 0.811. The molecular weight excluding hydrogens is 178 g/mol. The summed E-state index contributed by atoms with van der Waals surface area (Å²) in [5.41, 5.74) is 6.68. The van der Waals surface area contributed by atoms with Crippen molar-refractivity contribution in [3.8, 4) is 0 Å². The van der Waals surface area contributed by atoms with Gasteiger partial charge in [0.15, 0.2) is 0 Å². The van der Waals surface area contributed by atoms with Gasteiger partial charge in [0.05, 0.1) is 0 Å². The number of hydrogen-bond acceptors (Lipinski definition) is 1. The molecule has 5 heteroatoms. The van der Waals surface area contributed by atoms with Crippen LogP contribution in [0.5, 0.6) is 0 Å². The van der Waals surface area contributed by atoms with Crippen LogP contribution in [-0.2, 0) is 6.42 Å². The molecule has 1 nitrogen and oxygen atoms in total. The van der Waals surface area contributed by atoms with Gasteiger partial charge in [0, 0.05) is 8.41 Å². The van der Waals surface area contributed by atoms with Gasteiger partial charge >= 0.3 is 0 Å². The number of benzene rings is 1. The first-order valence-electron chi connectivity index (χ1n) is 3.17. The Morgan fingerprint density at radius 2 is 1.38 bits per heavy atom. The molecule has 0 aromatic heterocycles. The molecule has 0 fully saturated rings. The molecule has 2 N–H and O–H groups in total. The largest absolute Gasteiger partial charge is 0.330 e. The highest BCUT2D eigenvalue weighted by atomic mass is 19.0. The van der Waals surface area contributed by atoms with Crippen molar-refractivity contribution in [3.63, 3.8) is 0 Å². The Morgan fingerprint density at radius 3 is 1.77 bits per heavy atom. The van der Waals surface area contributed by atoms with E-state index in [0.717, 1.165) is 13.0 Å². The van der Waals surface area contributed by atoms with Crippen LogP contribution in [0.4, 0.5) is 14.1 Å². The highest BCUT2D eigenvalue weighted by Crippen LogP contribution is 1.96. The van der Waals surface area contributed by atoms with Crippen LogP contribution in [-0.4, -0.2) is 15.0 Å². The molecule has 0 saturated heterocycles. The fraction of sp³-hybridized carbons (Fsp3) is 0.250. The summed E-state index contributed by atoms with van der Waals surface area (Å²) in [6.07, 6.45) is 0.987. The lowest BCUT2D eigenvalue weighted by molar-refractivity contribution is 0.969. The average molecular weight is 192 g/mol. The Labute approximate surface area is 78.0 Å². The van der Waals surface area contributed by atoms with E-state index < -0.39 is 0 Å². The zero-order valence-corrected chi connectivity index (χ0v) is 7.18. The molecule has 0 heterocycles. The minimum Gasteiger partial charge on any atom is -0.330 e. The van der Waals surface area contributed by atoms with Crippen LogP contribution in [0.2, 0.25) is 0 Å². The number of nitrogens with two attached hydrogens (primary N) is 1. The maximum Gasteiger partial charge on any atom is 0 e. The van der Waals surface area contributed by atoms with Crippen LogP contribution in [0.15, 0.2) is 30.3 Å². The summed E-state index contributed by atoms with van der Waals surface area (Å²) >= 11 is 0. The third-order valence-electron chi connectivity index (χ3n) is 1.28. The summed E-state index contributed by atoms with van der Waals surface area (Å²) in [7, 11) is 0. The molecule has 1 aromatic rings. The van der Waals surface area contributed by atoms with E-state index in [1.54, 1.807) is 0 Å². The molecule has 0 unspecified atom stereocenters. The van der Waals surface area contributed by atoms with Gasteiger partial charge in [-0.15, -0.1) is 0 Å². The first-order chi connectivity index (χ1) is 4.43. The standard InChI is InChI=1S/C8H11N.B.3FH/c9-7-6-8-4-2-1-3-5-8;;;;/h1-5H,6-7,9H2;;3*1H. The first kappa shape index (κ1) is 22.7. The first-order valence-corrected chi connectivity index (χ1v) is 3.17. The molecule has 0 aliphatic heterocycles. The molecule has 75 valence electrons. The van der Waals surface area contributed by atoms with Crippen molar-refractivity contribution in [2.75, 3.05) is 6.54 Å². The van der Waals surface area contributed by atoms with Gasteiger partial charge in [0.25, 0.3) is 0 Å². The van der Waals surface area contributed by atoms with Crippen LogP contribution in [0.25, 0.3) is 0 Å². The van der Waals surface area contributed by atoms with Crippen molar-refractivity contribution in [2.24, 2.45) is 5.73 Å². The van der Waals surface area contributed by atoms with Crippen LogP contribution in [0.3, 0.4) is 0 Å². The van der Waals surface area contributed by atoms with Crippen molar-refractivity contribution in [1.29, 1.82) is 0 Å². The summed E-state index contributed by atoms with van der Waals surface area (Å²) < 4.78 is 0. The van der Waals surface area contributed by atoms with Crippen LogP contribution in [0.1, 0.15) is 5.56 Å². The van der Waals surface area contributed by atoms with Gasteiger partial charge in [-0.05, 0) is 18.5 Å². The zero-order valence-electron chi connectivity index (χ0n) is 7.18. The molecule has 0 bridgehead atoms. The van der Waals surface area contributed by atoms with E-state index in [4.69, 9.17) is 5.73 Å². The van der Waals surface area contributed by atoms with Gasteiger partial charge in [-0.2, -0.15) is 0 Å². The predicted molar refractivity (Wildman–Crippen MR) is 52.5 cm³/mol. The topological polar surface area (TPSA) is 26.0 Å². The second-order valence-electron chi connectivity index (χ2n) is 2.02. The molecule has 0 aliphatic rings. The molecule has 13 heavy (non-hydrogen) atoms. The van der Waals surface area contributed by atoms with Crippen molar-refractivity contribution in [2.45, 2.75) is 6.42 Å². The maximum atomic E-state index is 5.36. The Kier molecular flexibility index (Phi) is 23.8. The Bertz CT molecular complexity index is 172. The van der Waals surface area contributed by atoms with E-state index in [1.807, 2.05) is 18.2 Å². The molecule has 0 amide bonds. The van der Waals surface area contributed by atoms with Gasteiger partial charge in [0.1, 0.15) is 0 Å². The van der Waals surface area contributed by atoms with E-state index in [-0.39, 0.29) is 22.5 Å². The van der Waals surface area contributed by atoms with Crippen molar-refractivity contribution in [1.82, 2.24) is 0 Å². The molecule has 0 saturated carbocycles. The lowest BCUT2D eigenvalue weighted by Crippen LogP contribution is -2.01. The molecule has 1 rings (SSSR count). The van der Waals surface area contributed by atoms with Gasteiger partial charge in [-0.25, -0.2) is 0 Å². The zero-order chi connectivity index (χ0) is 6.53. The van der Waals surface area contributed by atoms with Crippen LogP contribution >= 0.6 is 0 Å². The van der Waals surface area contributed by atoms with Crippen LogP contribution < -0.4 is 5.73 Å². The summed E-state index contributed by atoms with van der Waals surface area (Å²) in [4.78, 5) is 0. The highest BCUT2D eigenvalue weighted by molar-refractivity contribution is 5.75. The smallest absolute Gasteiger partial charge is 0 e. The van der Waals surface area contributed by atoms with Crippen molar-refractivity contribution >= 4 is 8.41 Å². The third kappa shape index (κ3) is 8.95. The van der Waals surface area contributed by atoms with E-state index in [1.165, 1.54) is 5.56 Å². The van der Waals surface area contributed by atoms with Gasteiger partial charge in [-0.1, -0.05) is 30.3 Å². The fourth-order valence-corrected chi connectivity index (χ4v) is 0.811. The van der Waals surface area contributed by atoms with Crippen LogP contribution in [0, 0.1) is 0 Å². The van der Waals surface area contributed by atoms with Crippen molar-refractivity contribution in [3.05, 3.63) is 35.9 Å². The number of halogens is 3. The lowest BCUT2D eigenvalue weighted by atomic mass is 10.2. The molecule has 0 spiro atoms. The average Bonchev–Trinajstić information content (AvgIpc) is 1.91. The van der Waals surface area contributed by atoms with E-state index >= 15 is 0 Å². The maximum absolute atomic E-state index is 5.36. The van der Waals surface area contributed by atoms with E-state index in [9.17, 15) is 0 Å². The molecule has 1 aromatic carbocycles. The Morgan fingerprint density at radius 1 is 0.923 bits per heavy atom. The van der Waals surface area contributed by atoms with Gasteiger partial charge < -0.3 is 5.73 Å². The highest BCUT2D eigenvalue weighted by Gasteiger charge is 1.84. The Balaban J connectivity index is -0.000000101. The molecular formula is C8H14BF3N. The van der Waals surface area contributed by atoms with E-state index in [2.05, 4.69) is 12.1 Å². The SMILES string of the molecule is F.F.F.NCCc1ccccc1.[B]. The minimum absolute atomic E-state index is 0. The predicted octanol–water partition coefficient (Wildman–Crippen LogP) is 1.26. The van der Waals surface area contributed by atoms with Gasteiger partial charge in [0.2, 0.25) is 0 Å². The minimum atomic E-state index is 0. The number of rotatable bonds is 2. The number of hydrogen-bond donors (Lipinski definition) is 1. The lowest BCUT2D eigenvalue weighted by Gasteiger charge is -1.93. The molecule has 0 atom stereocenters. The molecule has 0 aliphatic carbocycles. The second-order valence-corrected chi connectivity index (χ2v) is 2.02. The summed E-state index contributed by atoms with van der Waals surface area (Å²) in [5.74, 6) is 0. The third-order valence-corrected chi connectivity index (χ3v) is 1.28. The summed E-state index contributed by atoms with van der Waals surface area (Å²) in [6.45, 7) is 0.740. The van der Waals surface area contributed by atoms with Gasteiger partial charge in [-0.3, -0.25) is 14.1 Å². The quantitative estimate of drug-likeness (QED) is 0.701. The summed E-state index contributed by atoms with van der Waals surface area (Å²) in [6, 6.07) is 10.3. The normalized spacial score (nSPS) is 6.54.